The standard InChI is InChI=1S/C28H34N2OS/c1-4-24-19-25(28(32-24)29-27(31)23-11-7-5-8-12-23)26(30-17-9-6-10-18-30)22-15-13-21(14-16-22)20(2)3/h5,7-8,11-16,19-20,26H,4,6,9-10,17-18H2,1-3H3,(H,29,31)/t26-/m0/s1. The zero-order valence-corrected chi connectivity index (χ0v) is 20.3. The minimum Gasteiger partial charge on any atom is -0.313 e. The molecule has 1 saturated heterocycles. The molecule has 0 aliphatic carbocycles. The number of amides is 1. The Bertz CT molecular complexity index is 1020. The first-order valence-electron chi connectivity index (χ1n) is 11.9. The maximum absolute atomic E-state index is 13.0. The van der Waals surface area contributed by atoms with E-state index >= 15 is 0 Å². The molecule has 1 amide bonds. The summed E-state index contributed by atoms with van der Waals surface area (Å²) in [5, 5.41) is 4.24. The van der Waals surface area contributed by atoms with E-state index in [4.69, 9.17) is 0 Å². The van der Waals surface area contributed by atoms with Gasteiger partial charge in [-0.15, -0.1) is 11.3 Å². The highest BCUT2D eigenvalue weighted by atomic mass is 32.1. The van der Waals surface area contributed by atoms with Crippen molar-refractivity contribution in [1.29, 1.82) is 0 Å². The van der Waals surface area contributed by atoms with Gasteiger partial charge in [0, 0.05) is 16.0 Å². The number of rotatable bonds is 7. The molecule has 1 aromatic heterocycles. The van der Waals surface area contributed by atoms with E-state index in [1.165, 1.54) is 40.8 Å². The molecule has 2 aromatic carbocycles. The predicted octanol–water partition coefficient (Wildman–Crippen LogP) is 7.26. The summed E-state index contributed by atoms with van der Waals surface area (Å²) in [6, 6.07) is 21.1. The summed E-state index contributed by atoms with van der Waals surface area (Å²) in [6.07, 6.45) is 4.74. The fraction of sp³-hybridized carbons (Fsp3) is 0.393. The van der Waals surface area contributed by atoms with Crippen molar-refractivity contribution in [3.05, 3.63) is 87.8 Å². The van der Waals surface area contributed by atoms with Gasteiger partial charge in [-0.2, -0.15) is 0 Å². The Morgan fingerprint density at radius 3 is 2.25 bits per heavy atom. The summed E-state index contributed by atoms with van der Waals surface area (Å²) in [5.74, 6) is 0.481. The molecule has 4 heteroatoms. The molecule has 0 radical (unpaired) electrons. The number of nitrogens with zero attached hydrogens (tertiary/aromatic N) is 1. The lowest BCUT2D eigenvalue weighted by Crippen LogP contribution is -2.34. The number of aryl methyl sites for hydroxylation is 1. The molecule has 1 fully saturated rings. The molecule has 32 heavy (non-hydrogen) atoms. The highest BCUT2D eigenvalue weighted by Crippen LogP contribution is 2.40. The van der Waals surface area contributed by atoms with E-state index < -0.39 is 0 Å². The van der Waals surface area contributed by atoms with Crippen LogP contribution in [0.3, 0.4) is 0 Å². The highest BCUT2D eigenvalue weighted by Gasteiger charge is 2.28. The number of thiophene rings is 1. The number of piperidine rings is 1. The van der Waals surface area contributed by atoms with Crippen molar-refractivity contribution in [2.24, 2.45) is 0 Å². The van der Waals surface area contributed by atoms with Crippen molar-refractivity contribution < 1.29 is 4.79 Å². The van der Waals surface area contributed by atoms with Crippen LogP contribution < -0.4 is 5.32 Å². The van der Waals surface area contributed by atoms with Gasteiger partial charge in [-0.1, -0.05) is 69.7 Å². The Morgan fingerprint density at radius 1 is 0.969 bits per heavy atom. The van der Waals surface area contributed by atoms with Crippen molar-refractivity contribution in [2.75, 3.05) is 18.4 Å². The highest BCUT2D eigenvalue weighted by molar-refractivity contribution is 7.16. The maximum atomic E-state index is 13.0. The summed E-state index contributed by atoms with van der Waals surface area (Å²) in [4.78, 5) is 16.9. The van der Waals surface area contributed by atoms with Gasteiger partial charge in [0.05, 0.1) is 6.04 Å². The van der Waals surface area contributed by atoms with Crippen LogP contribution in [0, 0.1) is 0 Å². The van der Waals surface area contributed by atoms with Gasteiger partial charge >= 0.3 is 0 Å². The Balaban J connectivity index is 1.73. The fourth-order valence-corrected chi connectivity index (χ4v) is 5.55. The summed E-state index contributed by atoms with van der Waals surface area (Å²) < 4.78 is 0. The molecule has 168 valence electrons. The van der Waals surface area contributed by atoms with Crippen molar-refractivity contribution >= 4 is 22.2 Å². The van der Waals surface area contributed by atoms with Gasteiger partial charge in [0.2, 0.25) is 0 Å². The van der Waals surface area contributed by atoms with Crippen LogP contribution in [-0.4, -0.2) is 23.9 Å². The van der Waals surface area contributed by atoms with Gasteiger partial charge in [0.25, 0.3) is 5.91 Å². The summed E-state index contributed by atoms with van der Waals surface area (Å²) in [5.41, 5.74) is 4.60. The van der Waals surface area contributed by atoms with Gasteiger partial charge in [0.15, 0.2) is 0 Å². The molecule has 0 bridgehead atoms. The molecule has 1 aliphatic heterocycles. The molecule has 1 N–H and O–H groups in total. The van der Waals surface area contributed by atoms with E-state index in [1.54, 1.807) is 11.3 Å². The topological polar surface area (TPSA) is 32.3 Å². The van der Waals surface area contributed by atoms with Crippen LogP contribution in [0.15, 0.2) is 60.7 Å². The van der Waals surface area contributed by atoms with Crippen LogP contribution in [-0.2, 0) is 6.42 Å². The largest absolute Gasteiger partial charge is 0.313 e. The van der Waals surface area contributed by atoms with E-state index in [-0.39, 0.29) is 11.9 Å². The molecule has 2 heterocycles. The Morgan fingerprint density at radius 2 is 1.62 bits per heavy atom. The SMILES string of the molecule is CCc1cc([C@H](c2ccc(C(C)C)cc2)N2CCCCC2)c(NC(=O)c2ccccc2)s1. The number of carbonyl (C=O) groups excluding carboxylic acids is 1. The fourth-order valence-electron chi connectivity index (χ4n) is 4.53. The number of benzene rings is 2. The molecular formula is C28H34N2OS. The number of likely N-dealkylation sites (tertiary alicyclic amines) is 1. The molecule has 0 unspecified atom stereocenters. The van der Waals surface area contributed by atoms with E-state index in [0.29, 0.717) is 11.5 Å². The molecule has 3 nitrogen and oxygen atoms in total. The van der Waals surface area contributed by atoms with Crippen LogP contribution in [0.4, 0.5) is 5.00 Å². The number of nitrogens with one attached hydrogen (secondary N) is 1. The van der Waals surface area contributed by atoms with E-state index in [1.807, 2.05) is 30.3 Å². The minimum absolute atomic E-state index is 0.0381. The Kier molecular flexibility index (Phi) is 7.44. The monoisotopic (exact) mass is 446 g/mol. The number of hydrogen-bond acceptors (Lipinski definition) is 3. The molecular weight excluding hydrogens is 412 g/mol. The van der Waals surface area contributed by atoms with Crippen molar-refractivity contribution in [1.82, 2.24) is 4.90 Å². The first kappa shape index (κ1) is 22.8. The van der Waals surface area contributed by atoms with Gasteiger partial charge in [-0.05, 0) is 67.6 Å². The normalized spacial score (nSPS) is 15.6. The molecule has 0 spiro atoms. The first-order chi connectivity index (χ1) is 15.6. The molecule has 0 saturated carbocycles. The second kappa shape index (κ2) is 10.5. The molecule has 1 atom stereocenters. The third-order valence-electron chi connectivity index (χ3n) is 6.39. The smallest absolute Gasteiger partial charge is 0.256 e. The van der Waals surface area contributed by atoms with Crippen molar-refractivity contribution in [2.45, 2.75) is 58.4 Å². The molecule has 3 aromatic rings. The lowest BCUT2D eigenvalue weighted by Gasteiger charge is -2.35. The first-order valence-corrected chi connectivity index (χ1v) is 12.7. The third kappa shape index (κ3) is 5.13. The lowest BCUT2D eigenvalue weighted by atomic mass is 9.93. The third-order valence-corrected chi connectivity index (χ3v) is 7.60. The van der Waals surface area contributed by atoms with E-state index in [0.717, 1.165) is 24.5 Å². The zero-order chi connectivity index (χ0) is 22.5. The van der Waals surface area contributed by atoms with Crippen LogP contribution in [0.25, 0.3) is 0 Å². The Labute approximate surface area is 196 Å². The van der Waals surface area contributed by atoms with Gasteiger partial charge in [-0.25, -0.2) is 0 Å². The average Bonchev–Trinajstić information content (AvgIpc) is 3.23. The summed E-state index contributed by atoms with van der Waals surface area (Å²) >= 11 is 1.72. The number of hydrogen-bond donors (Lipinski definition) is 1. The average molecular weight is 447 g/mol. The zero-order valence-electron chi connectivity index (χ0n) is 19.4. The quantitative estimate of drug-likeness (QED) is 0.414. The summed E-state index contributed by atoms with van der Waals surface area (Å²) in [7, 11) is 0. The van der Waals surface area contributed by atoms with Crippen LogP contribution >= 0.6 is 11.3 Å². The van der Waals surface area contributed by atoms with E-state index in [2.05, 4.69) is 61.3 Å². The van der Waals surface area contributed by atoms with E-state index in [9.17, 15) is 4.79 Å². The molecule has 4 rings (SSSR count). The molecule has 1 aliphatic rings. The predicted molar refractivity (Wildman–Crippen MR) is 136 cm³/mol. The maximum Gasteiger partial charge on any atom is 0.256 e. The van der Waals surface area contributed by atoms with Crippen molar-refractivity contribution in [3.63, 3.8) is 0 Å². The van der Waals surface area contributed by atoms with Crippen molar-refractivity contribution in [3.8, 4) is 0 Å². The summed E-state index contributed by atoms with van der Waals surface area (Å²) in [6.45, 7) is 8.85. The second-order valence-corrected chi connectivity index (χ2v) is 10.1. The van der Waals surface area contributed by atoms with Gasteiger partial charge < -0.3 is 5.32 Å². The van der Waals surface area contributed by atoms with Gasteiger partial charge in [0.1, 0.15) is 5.00 Å². The van der Waals surface area contributed by atoms with Crippen LogP contribution in [0.1, 0.15) is 83.9 Å². The number of anilines is 1. The minimum atomic E-state index is -0.0381. The lowest BCUT2D eigenvalue weighted by molar-refractivity contribution is 0.102. The Hall–Kier alpha value is -2.43. The number of carbonyl (C=O) groups is 1. The van der Waals surface area contributed by atoms with Crippen LogP contribution in [0.5, 0.6) is 0 Å². The van der Waals surface area contributed by atoms with Crippen LogP contribution in [0.2, 0.25) is 0 Å². The van der Waals surface area contributed by atoms with Gasteiger partial charge in [-0.3, -0.25) is 9.69 Å². The second-order valence-electron chi connectivity index (χ2n) is 8.99.